The van der Waals surface area contributed by atoms with Crippen molar-refractivity contribution >= 4 is 41.0 Å². The molecule has 278 valence electrons. The standard InChI is InChI=1S/C44H46N4O6/c49-36-17-12-31(13-18-36)9-14-34(33-7-3-1-4-8-33)29-32-10-15-35(16-11-32)47-26-24-46(25-27-47)23-5-2-6-28-54-37-19-20-38-39(30-37)44(53)48(43(38)52)40-21-22-41(50)45-42(40)51/h1,3-4,7-8,10-13,15-20,29-30,40,49H,2,5-6,9,14,21-28H2,(H,45,50,51)/b34-29+. The Morgan fingerprint density at radius 1 is 0.796 bits per heavy atom. The Balaban J connectivity index is 0.828. The molecule has 3 aliphatic heterocycles. The second-order valence-electron chi connectivity index (χ2n) is 14.2. The summed E-state index contributed by atoms with van der Waals surface area (Å²) < 4.78 is 5.93. The summed E-state index contributed by atoms with van der Waals surface area (Å²) in [5.74, 6) is -1.26. The molecule has 0 spiro atoms. The number of piperidine rings is 1. The molecule has 3 aliphatic rings. The minimum atomic E-state index is -0.981. The molecule has 1 atom stereocenters. The van der Waals surface area contributed by atoms with Crippen molar-refractivity contribution in [2.75, 3.05) is 44.2 Å². The van der Waals surface area contributed by atoms with Gasteiger partial charge >= 0.3 is 0 Å². The minimum absolute atomic E-state index is 0.0874. The van der Waals surface area contributed by atoms with Crippen LogP contribution in [0.3, 0.4) is 0 Å². The van der Waals surface area contributed by atoms with Gasteiger partial charge in [-0.05, 0) is 110 Å². The van der Waals surface area contributed by atoms with Crippen LogP contribution in [0.25, 0.3) is 11.6 Å². The van der Waals surface area contributed by atoms with Crippen LogP contribution in [0.4, 0.5) is 5.69 Å². The van der Waals surface area contributed by atoms with E-state index < -0.39 is 29.7 Å². The maximum absolute atomic E-state index is 13.1. The zero-order valence-electron chi connectivity index (χ0n) is 30.4. The molecule has 2 fully saturated rings. The number of benzene rings is 4. The normalized spacial score (nSPS) is 17.9. The fraction of sp³-hybridized carbons (Fsp3) is 0.318. The van der Waals surface area contributed by atoms with Crippen molar-refractivity contribution in [1.82, 2.24) is 15.1 Å². The molecule has 2 N–H and O–H groups in total. The molecule has 7 rings (SSSR count). The van der Waals surface area contributed by atoms with Crippen LogP contribution >= 0.6 is 0 Å². The van der Waals surface area contributed by atoms with Crippen LogP contribution < -0.4 is 15.0 Å². The number of amides is 4. The number of hydrogen-bond acceptors (Lipinski definition) is 8. The molecule has 1 unspecified atom stereocenters. The monoisotopic (exact) mass is 726 g/mol. The van der Waals surface area contributed by atoms with Crippen LogP contribution in [0, 0.1) is 0 Å². The third kappa shape index (κ3) is 8.72. The molecule has 4 amide bonds. The summed E-state index contributed by atoms with van der Waals surface area (Å²) in [6, 6.07) is 30.7. The first kappa shape index (κ1) is 36.6. The van der Waals surface area contributed by atoms with Crippen molar-refractivity contribution in [3.8, 4) is 11.5 Å². The topological polar surface area (TPSA) is 119 Å². The number of nitrogens with one attached hydrogen (secondary N) is 1. The molecule has 0 aliphatic carbocycles. The van der Waals surface area contributed by atoms with Gasteiger partial charge in [0.05, 0.1) is 17.7 Å². The van der Waals surface area contributed by atoms with Gasteiger partial charge in [-0.2, -0.15) is 0 Å². The van der Waals surface area contributed by atoms with Crippen molar-refractivity contribution in [2.24, 2.45) is 0 Å². The number of piperazine rings is 1. The largest absolute Gasteiger partial charge is 0.508 e. The van der Waals surface area contributed by atoms with E-state index in [1.807, 2.05) is 18.2 Å². The summed E-state index contributed by atoms with van der Waals surface area (Å²) in [7, 11) is 0. The van der Waals surface area contributed by atoms with Gasteiger partial charge in [-0.15, -0.1) is 0 Å². The number of nitrogens with zero attached hydrogens (tertiary/aromatic N) is 3. The lowest BCUT2D eigenvalue weighted by Gasteiger charge is -2.36. The van der Waals surface area contributed by atoms with Crippen LogP contribution in [0.5, 0.6) is 11.5 Å². The van der Waals surface area contributed by atoms with E-state index in [1.54, 1.807) is 30.3 Å². The molecule has 0 saturated carbocycles. The van der Waals surface area contributed by atoms with Gasteiger partial charge in [0.1, 0.15) is 17.5 Å². The van der Waals surface area contributed by atoms with E-state index in [0.29, 0.717) is 12.4 Å². The lowest BCUT2D eigenvalue weighted by atomic mass is 9.96. The number of allylic oxidation sites excluding steroid dienone is 1. The van der Waals surface area contributed by atoms with Crippen molar-refractivity contribution < 1.29 is 29.0 Å². The van der Waals surface area contributed by atoms with Crippen molar-refractivity contribution in [3.63, 3.8) is 0 Å². The van der Waals surface area contributed by atoms with Crippen LogP contribution in [0.1, 0.15) is 75.9 Å². The highest BCUT2D eigenvalue weighted by Gasteiger charge is 2.44. The van der Waals surface area contributed by atoms with Gasteiger partial charge in [0.15, 0.2) is 0 Å². The second kappa shape index (κ2) is 16.9. The first-order chi connectivity index (χ1) is 26.3. The Morgan fingerprint density at radius 2 is 1.54 bits per heavy atom. The quantitative estimate of drug-likeness (QED) is 0.0879. The summed E-state index contributed by atoms with van der Waals surface area (Å²) in [6.07, 6.45) is 7.26. The van der Waals surface area contributed by atoms with Gasteiger partial charge in [0, 0.05) is 38.3 Å². The Labute approximate surface area is 316 Å². The number of fused-ring (bicyclic) bond motifs is 1. The summed E-state index contributed by atoms with van der Waals surface area (Å²) >= 11 is 0. The maximum atomic E-state index is 13.1. The predicted octanol–water partition coefficient (Wildman–Crippen LogP) is 6.34. The molecule has 0 bridgehead atoms. The van der Waals surface area contributed by atoms with Gasteiger partial charge in [-0.25, -0.2) is 0 Å². The number of aromatic hydroxyl groups is 1. The number of rotatable bonds is 14. The lowest BCUT2D eigenvalue weighted by Crippen LogP contribution is -2.54. The third-order valence-electron chi connectivity index (χ3n) is 10.5. The molecule has 10 heteroatoms. The average molecular weight is 727 g/mol. The van der Waals surface area contributed by atoms with E-state index in [2.05, 4.69) is 69.7 Å². The second-order valence-corrected chi connectivity index (χ2v) is 14.2. The van der Waals surface area contributed by atoms with Gasteiger partial charge in [-0.3, -0.25) is 34.3 Å². The van der Waals surface area contributed by atoms with E-state index in [1.165, 1.54) is 28.0 Å². The molecule has 0 radical (unpaired) electrons. The van der Waals surface area contributed by atoms with E-state index in [-0.39, 0.29) is 29.7 Å². The number of aryl methyl sites for hydroxylation is 1. The number of hydrogen-bond donors (Lipinski definition) is 2. The number of phenolic OH excluding ortho intramolecular Hbond substituents is 1. The highest BCUT2D eigenvalue weighted by Crippen LogP contribution is 2.31. The number of carbonyl (C=O) groups is 4. The van der Waals surface area contributed by atoms with E-state index in [9.17, 15) is 24.3 Å². The smallest absolute Gasteiger partial charge is 0.262 e. The lowest BCUT2D eigenvalue weighted by molar-refractivity contribution is -0.136. The summed E-state index contributed by atoms with van der Waals surface area (Å²) in [6.45, 7) is 5.55. The van der Waals surface area contributed by atoms with Gasteiger partial charge < -0.3 is 14.7 Å². The first-order valence-corrected chi connectivity index (χ1v) is 18.9. The maximum Gasteiger partial charge on any atom is 0.262 e. The molecule has 3 heterocycles. The Kier molecular flexibility index (Phi) is 11.5. The molecular weight excluding hydrogens is 681 g/mol. The van der Waals surface area contributed by atoms with Crippen LogP contribution in [0.2, 0.25) is 0 Å². The molecule has 2 saturated heterocycles. The highest BCUT2D eigenvalue weighted by molar-refractivity contribution is 6.23. The van der Waals surface area contributed by atoms with Crippen molar-refractivity contribution in [3.05, 3.63) is 125 Å². The SMILES string of the molecule is O=C1CCC(N2C(=O)c3ccc(OCCCCCN4CCN(c5ccc(/C=C(\CCc6ccc(O)cc6)c6ccccc6)cc5)CC4)cc3C2=O)C(=O)N1. The summed E-state index contributed by atoms with van der Waals surface area (Å²) in [5, 5.41) is 11.9. The number of unbranched alkanes of at least 4 members (excludes halogenated alkanes) is 2. The van der Waals surface area contributed by atoms with Crippen LogP contribution in [-0.4, -0.2) is 83.9 Å². The van der Waals surface area contributed by atoms with Gasteiger partial charge in [0.25, 0.3) is 11.8 Å². The van der Waals surface area contributed by atoms with E-state index >= 15 is 0 Å². The van der Waals surface area contributed by atoms with Crippen LogP contribution in [0.15, 0.2) is 97.1 Å². The Bertz CT molecular complexity index is 2000. The number of imide groups is 2. The molecular formula is C44H46N4O6. The zero-order chi connectivity index (χ0) is 37.4. The van der Waals surface area contributed by atoms with Gasteiger partial charge in [0.2, 0.25) is 11.8 Å². The number of carbonyl (C=O) groups excluding carboxylic acids is 4. The highest BCUT2D eigenvalue weighted by atomic mass is 16.5. The number of phenols is 1. The Morgan fingerprint density at radius 3 is 2.28 bits per heavy atom. The van der Waals surface area contributed by atoms with Crippen molar-refractivity contribution in [1.29, 1.82) is 0 Å². The van der Waals surface area contributed by atoms with Gasteiger partial charge in [-0.1, -0.05) is 60.7 Å². The number of anilines is 1. The molecule has 4 aromatic carbocycles. The molecule has 4 aromatic rings. The third-order valence-corrected chi connectivity index (χ3v) is 10.5. The number of ether oxygens (including phenoxy) is 1. The summed E-state index contributed by atoms with van der Waals surface area (Å²) in [4.78, 5) is 55.8. The van der Waals surface area contributed by atoms with Crippen molar-refractivity contribution in [2.45, 2.75) is 51.0 Å². The predicted molar refractivity (Wildman–Crippen MR) is 208 cm³/mol. The zero-order valence-corrected chi connectivity index (χ0v) is 30.4. The minimum Gasteiger partial charge on any atom is -0.508 e. The average Bonchev–Trinajstić information content (AvgIpc) is 3.44. The van der Waals surface area contributed by atoms with Crippen LogP contribution in [-0.2, 0) is 16.0 Å². The first-order valence-electron chi connectivity index (χ1n) is 18.9. The Hall–Kier alpha value is -5.74. The van der Waals surface area contributed by atoms with E-state index in [0.717, 1.165) is 69.7 Å². The molecule has 10 nitrogen and oxygen atoms in total. The molecule has 54 heavy (non-hydrogen) atoms. The van der Waals surface area contributed by atoms with E-state index in [4.69, 9.17) is 4.74 Å². The molecule has 0 aromatic heterocycles. The fourth-order valence-electron chi connectivity index (χ4n) is 7.45. The fourth-order valence-corrected chi connectivity index (χ4v) is 7.45. The summed E-state index contributed by atoms with van der Waals surface area (Å²) in [5.41, 5.74) is 6.61.